The minimum Gasteiger partial charge on any atom is -0.331 e. The Morgan fingerprint density at radius 2 is 1.76 bits per heavy atom. The summed E-state index contributed by atoms with van der Waals surface area (Å²) in [6.45, 7) is 5.25. The second-order valence-electron chi connectivity index (χ2n) is 7.21. The molecule has 128 valence electrons. The third kappa shape index (κ3) is 3.24. The molecule has 2 aromatic carbocycles. The van der Waals surface area contributed by atoms with Crippen molar-refractivity contribution in [1.82, 2.24) is 4.98 Å². The van der Waals surface area contributed by atoms with E-state index in [1.807, 2.05) is 12.1 Å². The fourth-order valence-corrected chi connectivity index (χ4v) is 4.03. The van der Waals surface area contributed by atoms with Crippen LogP contribution in [-0.4, -0.2) is 18.1 Å². The molecule has 1 saturated heterocycles. The molecule has 2 heterocycles. The van der Waals surface area contributed by atoms with E-state index < -0.39 is 0 Å². The van der Waals surface area contributed by atoms with E-state index in [0.29, 0.717) is 0 Å². The molecule has 25 heavy (non-hydrogen) atoms. The number of likely N-dealkylation sites (tertiary alicyclic amines) is 1. The van der Waals surface area contributed by atoms with Gasteiger partial charge in [0, 0.05) is 16.5 Å². The zero-order valence-electron chi connectivity index (χ0n) is 14.8. The topological polar surface area (TPSA) is 37.3 Å². The Kier molecular flexibility index (Phi) is 4.41. The molecule has 0 unspecified atom stereocenters. The monoisotopic (exact) mass is 333 g/mol. The highest BCUT2D eigenvalue weighted by molar-refractivity contribution is 5.96. The van der Waals surface area contributed by atoms with Crippen molar-refractivity contribution < 1.29 is 4.90 Å². The first-order chi connectivity index (χ1) is 12.2. The summed E-state index contributed by atoms with van der Waals surface area (Å²) in [6.07, 6.45) is 3.85. The summed E-state index contributed by atoms with van der Waals surface area (Å²) in [5.41, 5.74) is 5.38. The average molecular weight is 333 g/mol. The van der Waals surface area contributed by atoms with Gasteiger partial charge in [-0.15, -0.1) is 0 Å². The third-order valence-electron chi connectivity index (χ3n) is 5.32. The summed E-state index contributed by atoms with van der Waals surface area (Å²) in [4.78, 5) is 17.6. The third-order valence-corrected chi connectivity index (χ3v) is 5.32. The highest BCUT2D eigenvalue weighted by Gasteiger charge is 2.21. The van der Waals surface area contributed by atoms with Gasteiger partial charge in [0.1, 0.15) is 6.54 Å². The number of pyridine rings is 1. The van der Waals surface area contributed by atoms with Gasteiger partial charge in [0.15, 0.2) is 0 Å². The van der Waals surface area contributed by atoms with Gasteiger partial charge in [0.25, 0.3) is 5.56 Å². The summed E-state index contributed by atoms with van der Waals surface area (Å²) >= 11 is 0. The Labute approximate surface area is 148 Å². The van der Waals surface area contributed by atoms with E-state index in [9.17, 15) is 4.79 Å². The van der Waals surface area contributed by atoms with Crippen LogP contribution in [0, 0.1) is 6.92 Å². The maximum atomic E-state index is 12.9. The Morgan fingerprint density at radius 3 is 2.52 bits per heavy atom. The van der Waals surface area contributed by atoms with E-state index >= 15 is 0 Å². The van der Waals surface area contributed by atoms with Gasteiger partial charge in [-0.2, -0.15) is 0 Å². The van der Waals surface area contributed by atoms with Gasteiger partial charge in [0.05, 0.1) is 18.7 Å². The number of benzene rings is 2. The zero-order valence-corrected chi connectivity index (χ0v) is 14.8. The van der Waals surface area contributed by atoms with Crippen molar-refractivity contribution in [2.45, 2.75) is 32.7 Å². The van der Waals surface area contributed by atoms with Crippen molar-refractivity contribution in [3.63, 3.8) is 0 Å². The number of rotatable bonds is 3. The molecule has 0 aliphatic carbocycles. The maximum Gasteiger partial charge on any atom is 0.257 e. The summed E-state index contributed by atoms with van der Waals surface area (Å²) < 4.78 is 0. The van der Waals surface area contributed by atoms with Gasteiger partial charge in [-0.1, -0.05) is 42.0 Å². The second-order valence-corrected chi connectivity index (χ2v) is 7.21. The molecule has 4 rings (SSSR count). The van der Waals surface area contributed by atoms with Crippen LogP contribution in [0.15, 0.2) is 53.3 Å². The predicted molar refractivity (Wildman–Crippen MR) is 103 cm³/mol. The summed E-state index contributed by atoms with van der Waals surface area (Å²) in [5.74, 6) is 0. The Balaban J connectivity index is 1.93. The van der Waals surface area contributed by atoms with Crippen molar-refractivity contribution in [2.75, 3.05) is 13.1 Å². The van der Waals surface area contributed by atoms with Gasteiger partial charge in [0.2, 0.25) is 0 Å². The number of quaternary nitrogens is 1. The average Bonchev–Trinajstić information content (AvgIpc) is 2.64. The molecular formula is C22H25N2O+. The van der Waals surface area contributed by atoms with E-state index in [4.69, 9.17) is 0 Å². The zero-order chi connectivity index (χ0) is 17.2. The van der Waals surface area contributed by atoms with Gasteiger partial charge >= 0.3 is 0 Å². The lowest BCUT2D eigenvalue weighted by atomic mass is 9.94. The molecule has 1 aliphatic rings. The van der Waals surface area contributed by atoms with Crippen LogP contribution in [0.4, 0.5) is 0 Å². The molecule has 1 aromatic heterocycles. The lowest BCUT2D eigenvalue weighted by molar-refractivity contribution is -0.918. The molecule has 1 aliphatic heterocycles. The molecule has 0 bridgehead atoms. The molecule has 0 saturated carbocycles. The summed E-state index contributed by atoms with van der Waals surface area (Å²) in [5, 5.41) is 1.15. The molecule has 3 heteroatoms. The molecule has 0 amide bonds. The van der Waals surface area contributed by atoms with Crippen molar-refractivity contribution in [3.8, 4) is 11.1 Å². The quantitative estimate of drug-likeness (QED) is 0.759. The number of aromatic amines is 1. The normalized spacial score (nSPS) is 15.6. The lowest BCUT2D eigenvalue weighted by Gasteiger charge is -2.24. The van der Waals surface area contributed by atoms with E-state index in [1.54, 1.807) is 0 Å². The van der Waals surface area contributed by atoms with E-state index in [1.165, 1.54) is 42.8 Å². The van der Waals surface area contributed by atoms with Crippen molar-refractivity contribution >= 4 is 10.9 Å². The van der Waals surface area contributed by atoms with E-state index in [2.05, 4.69) is 48.3 Å². The van der Waals surface area contributed by atoms with Crippen LogP contribution in [0.5, 0.6) is 0 Å². The molecule has 1 fully saturated rings. The number of hydrogen-bond donors (Lipinski definition) is 2. The summed E-state index contributed by atoms with van der Waals surface area (Å²) in [7, 11) is 0. The molecule has 0 atom stereocenters. The molecular weight excluding hydrogens is 308 g/mol. The number of aromatic nitrogens is 1. The van der Waals surface area contributed by atoms with E-state index in [0.717, 1.165) is 34.1 Å². The fraction of sp³-hybridized carbons (Fsp3) is 0.318. The SMILES string of the molecule is Cc1ccc2[nH]c(=O)c(C[NH+]3CCCCC3)c(-c3ccccc3)c2c1. The van der Waals surface area contributed by atoms with Crippen molar-refractivity contribution in [3.05, 3.63) is 70.0 Å². The lowest BCUT2D eigenvalue weighted by Crippen LogP contribution is -3.11. The fourth-order valence-electron chi connectivity index (χ4n) is 4.03. The van der Waals surface area contributed by atoms with Crippen molar-refractivity contribution in [2.24, 2.45) is 0 Å². The minimum atomic E-state index is 0.0632. The highest BCUT2D eigenvalue weighted by atomic mass is 16.1. The first kappa shape index (κ1) is 16.1. The standard InChI is InChI=1S/C22H24N2O/c1-16-10-11-20-18(14-16)21(17-8-4-2-5-9-17)19(22(25)23-20)15-24-12-6-3-7-13-24/h2,4-5,8-11,14H,3,6-7,12-13,15H2,1H3,(H,23,25)/p+1. The molecule has 3 nitrogen and oxygen atoms in total. The Bertz CT molecular complexity index is 937. The van der Waals surface area contributed by atoms with Crippen LogP contribution < -0.4 is 10.5 Å². The van der Waals surface area contributed by atoms with Crippen LogP contribution in [-0.2, 0) is 6.54 Å². The van der Waals surface area contributed by atoms with Gasteiger partial charge in [-0.25, -0.2) is 0 Å². The minimum absolute atomic E-state index is 0.0632. The van der Waals surface area contributed by atoms with Crippen molar-refractivity contribution in [1.29, 1.82) is 0 Å². The molecule has 0 radical (unpaired) electrons. The highest BCUT2D eigenvalue weighted by Crippen LogP contribution is 2.29. The number of fused-ring (bicyclic) bond motifs is 1. The van der Waals surface area contributed by atoms with Gasteiger partial charge in [-0.3, -0.25) is 4.79 Å². The van der Waals surface area contributed by atoms with Crippen LogP contribution in [0.2, 0.25) is 0 Å². The summed E-state index contributed by atoms with van der Waals surface area (Å²) in [6, 6.07) is 16.6. The Hall–Kier alpha value is -2.39. The number of nitrogens with one attached hydrogen (secondary N) is 2. The second kappa shape index (κ2) is 6.85. The molecule has 3 aromatic rings. The largest absolute Gasteiger partial charge is 0.331 e. The maximum absolute atomic E-state index is 12.9. The van der Waals surface area contributed by atoms with Crippen LogP contribution in [0.1, 0.15) is 30.4 Å². The van der Waals surface area contributed by atoms with E-state index in [-0.39, 0.29) is 5.56 Å². The van der Waals surface area contributed by atoms with Crippen LogP contribution >= 0.6 is 0 Å². The number of piperidine rings is 1. The predicted octanol–water partition coefficient (Wildman–Crippen LogP) is 3.07. The van der Waals surface area contributed by atoms with Gasteiger partial charge < -0.3 is 9.88 Å². The Morgan fingerprint density at radius 1 is 1.00 bits per heavy atom. The smallest absolute Gasteiger partial charge is 0.257 e. The number of H-pyrrole nitrogens is 1. The number of aryl methyl sites for hydroxylation is 1. The first-order valence-electron chi connectivity index (χ1n) is 9.27. The molecule has 0 spiro atoms. The number of hydrogen-bond acceptors (Lipinski definition) is 1. The van der Waals surface area contributed by atoms with Crippen LogP contribution in [0.25, 0.3) is 22.0 Å². The van der Waals surface area contributed by atoms with Crippen LogP contribution in [0.3, 0.4) is 0 Å². The molecule has 2 N–H and O–H groups in total. The first-order valence-corrected chi connectivity index (χ1v) is 9.27. The van der Waals surface area contributed by atoms with Gasteiger partial charge in [-0.05, 0) is 43.9 Å².